The van der Waals surface area contributed by atoms with Gasteiger partial charge in [-0.3, -0.25) is 0 Å². The molecule has 1 rings (SSSR count). The molecule has 0 radical (unpaired) electrons. The zero-order valence-electron chi connectivity index (χ0n) is 8.54. The quantitative estimate of drug-likeness (QED) is 0.432. The molecule has 3 heteroatoms. The predicted molar refractivity (Wildman–Crippen MR) is 47.4 cm³/mol. The van der Waals surface area contributed by atoms with Gasteiger partial charge in [0.25, 0.3) is 0 Å². The molecule has 0 aliphatic heterocycles. The third-order valence-electron chi connectivity index (χ3n) is 2.83. The second-order valence-corrected chi connectivity index (χ2v) is 4.64. The number of hydrogen-bond donors (Lipinski definition) is 0. The van der Waals surface area contributed by atoms with Gasteiger partial charge < -0.3 is 24.8 Å². The van der Waals surface area contributed by atoms with E-state index >= 15 is 0 Å². The molecule has 0 saturated heterocycles. The minimum atomic E-state index is -0.0661. The number of hydrogen-bond acceptors (Lipinski definition) is 0. The Morgan fingerprint density at radius 2 is 1.54 bits per heavy atom. The van der Waals surface area contributed by atoms with Gasteiger partial charge in [-0.05, 0) is 0 Å². The number of allylic oxidation sites excluding steroid dienone is 4. The van der Waals surface area contributed by atoms with Crippen LogP contribution in [0.1, 0.15) is 27.7 Å². The van der Waals surface area contributed by atoms with Crippen LogP contribution in [0.5, 0.6) is 0 Å². The SMILES string of the molecule is [CH2]=[Ti+2][C]1=C(C)C(C)=C(C)C1C.[Cl-].[Cl-]. The van der Waals surface area contributed by atoms with Crippen LogP contribution in [-0.4, -0.2) is 4.82 Å². The molecule has 13 heavy (non-hydrogen) atoms. The minimum absolute atomic E-state index is 0. The maximum Gasteiger partial charge on any atom is -1.00 e. The van der Waals surface area contributed by atoms with Crippen molar-refractivity contribution >= 4 is 4.82 Å². The van der Waals surface area contributed by atoms with Crippen molar-refractivity contribution in [2.24, 2.45) is 5.92 Å². The van der Waals surface area contributed by atoms with Crippen LogP contribution in [-0.2, 0) is 18.7 Å². The van der Waals surface area contributed by atoms with E-state index in [4.69, 9.17) is 0 Å². The Hall–Kier alpha value is 0.644. The van der Waals surface area contributed by atoms with E-state index in [1.165, 1.54) is 11.1 Å². The summed E-state index contributed by atoms with van der Waals surface area (Å²) in [6.07, 6.45) is 0. The van der Waals surface area contributed by atoms with E-state index in [2.05, 4.69) is 32.5 Å². The monoisotopic (exact) mass is 253 g/mol. The maximum atomic E-state index is 4.08. The van der Waals surface area contributed by atoms with Gasteiger partial charge in [0.1, 0.15) is 0 Å². The van der Waals surface area contributed by atoms with Gasteiger partial charge in [0, 0.05) is 0 Å². The second-order valence-electron chi connectivity index (χ2n) is 3.25. The first-order valence-electron chi connectivity index (χ1n) is 4.01. The van der Waals surface area contributed by atoms with E-state index in [1.807, 2.05) is 0 Å². The fraction of sp³-hybridized carbons (Fsp3) is 0.500. The van der Waals surface area contributed by atoms with Crippen LogP contribution < -0.4 is 24.8 Å². The molecule has 0 saturated carbocycles. The van der Waals surface area contributed by atoms with Crippen LogP contribution in [0.3, 0.4) is 0 Å². The first-order valence-corrected chi connectivity index (χ1v) is 5.89. The van der Waals surface area contributed by atoms with Crippen LogP contribution in [0.15, 0.2) is 20.6 Å². The molecule has 1 atom stereocenters. The fourth-order valence-corrected chi connectivity index (χ4v) is 3.17. The van der Waals surface area contributed by atoms with Crippen molar-refractivity contribution in [3.05, 3.63) is 20.6 Å². The molecular weight excluding hydrogens is 239 g/mol. The summed E-state index contributed by atoms with van der Waals surface area (Å²) in [6, 6.07) is 0. The topological polar surface area (TPSA) is 0 Å². The summed E-state index contributed by atoms with van der Waals surface area (Å²) < 4.78 is 1.65. The average molecular weight is 254 g/mol. The summed E-state index contributed by atoms with van der Waals surface area (Å²) in [5.74, 6) is 0.701. The Balaban J connectivity index is 0. The summed E-state index contributed by atoms with van der Waals surface area (Å²) in [7, 11) is 0. The normalized spacial score (nSPS) is 20.8. The average Bonchev–Trinajstić information content (AvgIpc) is 2.17. The summed E-state index contributed by atoms with van der Waals surface area (Å²) in [5.41, 5.74) is 4.61. The predicted octanol–water partition coefficient (Wildman–Crippen LogP) is -3.23. The molecule has 0 bridgehead atoms. The van der Waals surface area contributed by atoms with Gasteiger partial charge in [0.05, 0.1) is 0 Å². The Bertz CT molecular complexity index is 264. The van der Waals surface area contributed by atoms with Crippen LogP contribution in [0.2, 0.25) is 0 Å². The first kappa shape index (κ1) is 16.1. The molecule has 0 aromatic rings. The van der Waals surface area contributed by atoms with Crippen molar-refractivity contribution in [1.82, 2.24) is 0 Å². The van der Waals surface area contributed by atoms with Crippen molar-refractivity contribution in [3.8, 4) is 0 Å². The molecule has 0 heterocycles. The van der Waals surface area contributed by atoms with Crippen molar-refractivity contribution in [2.45, 2.75) is 27.7 Å². The molecular formula is C10H15Cl2Ti. The maximum absolute atomic E-state index is 4.08. The molecule has 0 aromatic carbocycles. The van der Waals surface area contributed by atoms with Crippen molar-refractivity contribution < 1.29 is 43.5 Å². The van der Waals surface area contributed by atoms with Gasteiger partial charge in [-0.2, -0.15) is 0 Å². The Labute approximate surface area is 102 Å². The van der Waals surface area contributed by atoms with E-state index < -0.39 is 0 Å². The smallest absolute Gasteiger partial charge is 1.00 e. The van der Waals surface area contributed by atoms with Crippen LogP contribution >= 0.6 is 0 Å². The molecule has 0 aromatic heterocycles. The Kier molecular flexibility index (Phi) is 7.66. The van der Waals surface area contributed by atoms with Gasteiger partial charge in [0.2, 0.25) is 0 Å². The van der Waals surface area contributed by atoms with E-state index in [0.717, 1.165) is 0 Å². The van der Waals surface area contributed by atoms with Crippen LogP contribution in [0.4, 0.5) is 0 Å². The largest absolute Gasteiger partial charge is 1.00 e. The molecule has 0 nitrogen and oxygen atoms in total. The summed E-state index contributed by atoms with van der Waals surface area (Å²) in [6.45, 7) is 9.03. The minimum Gasteiger partial charge on any atom is -1.00 e. The summed E-state index contributed by atoms with van der Waals surface area (Å²) >= 11 is -0.0661. The molecule has 1 unspecified atom stereocenters. The van der Waals surface area contributed by atoms with Gasteiger partial charge in [-0.1, -0.05) is 0 Å². The molecule has 0 spiro atoms. The fourth-order valence-electron chi connectivity index (χ4n) is 1.65. The van der Waals surface area contributed by atoms with Crippen molar-refractivity contribution in [2.75, 3.05) is 0 Å². The van der Waals surface area contributed by atoms with Gasteiger partial charge in [-0.15, -0.1) is 0 Å². The molecule has 0 N–H and O–H groups in total. The third kappa shape index (κ3) is 2.79. The van der Waals surface area contributed by atoms with Gasteiger partial charge in [0.15, 0.2) is 0 Å². The third-order valence-corrected chi connectivity index (χ3v) is 4.69. The number of rotatable bonds is 1. The van der Waals surface area contributed by atoms with Crippen molar-refractivity contribution in [1.29, 1.82) is 0 Å². The standard InChI is InChI=1S/C9H13.CH2.2ClH.Ti/c1-6-5-7(2)9(4)8(6)3;;;;/h6H,1-4H3;1H2;2*1H;/q;;;;+2/p-2. The first-order chi connectivity index (χ1) is 5.09. The Morgan fingerprint density at radius 1 is 1.08 bits per heavy atom. The van der Waals surface area contributed by atoms with E-state index in [1.54, 1.807) is 9.45 Å². The second kappa shape index (κ2) is 6.19. The Morgan fingerprint density at radius 3 is 1.69 bits per heavy atom. The summed E-state index contributed by atoms with van der Waals surface area (Å²) in [4.78, 5) is 4.08. The van der Waals surface area contributed by atoms with E-state index in [-0.39, 0.29) is 43.5 Å². The molecule has 0 amide bonds. The molecule has 1 aliphatic carbocycles. The van der Waals surface area contributed by atoms with Crippen molar-refractivity contribution in [3.63, 3.8) is 0 Å². The number of halogens is 2. The van der Waals surface area contributed by atoms with Crippen LogP contribution in [0, 0.1) is 5.92 Å². The van der Waals surface area contributed by atoms with E-state index in [0.29, 0.717) is 5.92 Å². The molecule has 1 aliphatic rings. The zero-order chi connectivity index (χ0) is 8.59. The zero-order valence-corrected chi connectivity index (χ0v) is 11.6. The molecule has 73 valence electrons. The van der Waals surface area contributed by atoms with Gasteiger partial charge >= 0.3 is 77.7 Å². The summed E-state index contributed by atoms with van der Waals surface area (Å²) in [5, 5.41) is 0. The van der Waals surface area contributed by atoms with E-state index in [9.17, 15) is 0 Å². The van der Waals surface area contributed by atoms with Crippen LogP contribution in [0.25, 0.3) is 0 Å². The molecule has 0 fully saturated rings. The van der Waals surface area contributed by atoms with Gasteiger partial charge in [-0.25, -0.2) is 0 Å².